The molecule has 0 saturated carbocycles. The third kappa shape index (κ3) is 2.06. The minimum atomic E-state index is 0.457. The molecule has 1 fully saturated rings. The van der Waals surface area contributed by atoms with Gasteiger partial charge in [-0.2, -0.15) is 11.8 Å². The summed E-state index contributed by atoms with van der Waals surface area (Å²) in [6.07, 6.45) is 2.39. The van der Waals surface area contributed by atoms with Crippen molar-refractivity contribution in [2.75, 3.05) is 25.2 Å². The number of thioether (sulfide) groups is 1. The molecule has 0 spiro atoms. The lowest BCUT2D eigenvalue weighted by Gasteiger charge is -2.24. The number of rotatable bonds is 3. The Morgan fingerprint density at radius 3 is 3.18 bits per heavy atom. The molecule has 2 aliphatic rings. The third-order valence-electron chi connectivity index (χ3n) is 3.83. The molecular weight excluding hydrogens is 230 g/mol. The summed E-state index contributed by atoms with van der Waals surface area (Å²) >= 11 is 2.07. The molecule has 3 heteroatoms. The molecule has 1 saturated heterocycles. The summed E-state index contributed by atoms with van der Waals surface area (Å²) in [7, 11) is 2.07. The Kier molecular flexibility index (Phi) is 3.30. The minimum absolute atomic E-state index is 0.457. The lowest BCUT2D eigenvalue weighted by molar-refractivity contribution is 0.339. The van der Waals surface area contributed by atoms with Gasteiger partial charge in [-0.1, -0.05) is 18.2 Å². The van der Waals surface area contributed by atoms with Gasteiger partial charge in [0.1, 0.15) is 5.75 Å². The zero-order valence-corrected chi connectivity index (χ0v) is 11.1. The van der Waals surface area contributed by atoms with E-state index in [4.69, 9.17) is 4.74 Å². The van der Waals surface area contributed by atoms with Crippen LogP contribution in [0.2, 0.25) is 0 Å². The summed E-state index contributed by atoms with van der Waals surface area (Å²) in [5.74, 6) is 4.48. The lowest BCUT2D eigenvalue weighted by Crippen LogP contribution is -2.25. The molecule has 92 valence electrons. The maximum Gasteiger partial charge on any atom is 0.127 e. The molecule has 2 aliphatic heterocycles. The smallest absolute Gasteiger partial charge is 0.127 e. The molecule has 1 aromatic rings. The highest BCUT2D eigenvalue weighted by Crippen LogP contribution is 2.40. The van der Waals surface area contributed by atoms with E-state index in [1.807, 2.05) is 0 Å². The van der Waals surface area contributed by atoms with Crippen LogP contribution in [0.5, 0.6) is 5.75 Å². The Labute approximate surface area is 107 Å². The third-order valence-corrected chi connectivity index (χ3v) is 5.02. The van der Waals surface area contributed by atoms with Crippen LogP contribution in [0, 0.1) is 5.92 Å². The average Bonchev–Trinajstić information content (AvgIpc) is 3.00. The summed E-state index contributed by atoms with van der Waals surface area (Å²) < 4.78 is 5.83. The Morgan fingerprint density at radius 1 is 1.47 bits per heavy atom. The van der Waals surface area contributed by atoms with E-state index in [1.54, 1.807) is 0 Å². The van der Waals surface area contributed by atoms with E-state index >= 15 is 0 Å². The van der Waals surface area contributed by atoms with Crippen LogP contribution in [0.1, 0.15) is 23.6 Å². The topological polar surface area (TPSA) is 21.3 Å². The van der Waals surface area contributed by atoms with Gasteiger partial charge in [-0.3, -0.25) is 0 Å². The summed E-state index contributed by atoms with van der Waals surface area (Å²) in [5, 5.41) is 3.50. The predicted octanol–water partition coefficient (Wildman–Crippen LogP) is 2.64. The SMILES string of the molecule is CNC(c1cccc2c1OCC2)C1CCSC1. The molecule has 0 aromatic heterocycles. The van der Waals surface area contributed by atoms with Gasteiger partial charge in [0.2, 0.25) is 0 Å². The molecule has 2 atom stereocenters. The van der Waals surface area contributed by atoms with Crippen molar-refractivity contribution in [1.29, 1.82) is 0 Å². The number of ether oxygens (including phenoxy) is 1. The van der Waals surface area contributed by atoms with Crippen LogP contribution in [0.4, 0.5) is 0 Å². The summed E-state index contributed by atoms with van der Waals surface area (Å²) in [4.78, 5) is 0. The van der Waals surface area contributed by atoms with Crippen molar-refractivity contribution in [2.24, 2.45) is 5.92 Å². The van der Waals surface area contributed by atoms with Crippen molar-refractivity contribution >= 4 is 11.8 Å². The second-order valence-corrected chi connectivity index (χ2v) is 5.97. The summed E-state index contributed by atoms with van der Waals surface area (Å²) in [6.45, 7) is 0.849. The second-order valence-electron chi connectivity index (χ2n) is 4.82. The number of nitrogens with one attached hydrogen (secondary N) is 1. The highest BCUT2D eigenvalue weighted by Gasteiger charge is 2.29. The van der Waals surface area contributed by atoms with Crippen LogP contribution in [-0.2, 0) is 6.42 Å². The fourth-order valence-corrected chi connectivity index (χ4v) is 4.24. The second kappa shape index (κ2) is 4.91. The lowest BCUT2D eigenvalue weighted by atomic mass is 9.91. The molecule has 3 rings (SSSR count). The molecule has 0 aliphatic carbocycles. The van der Waals surface area contributed by atoms with Gasteiger partial charge in [-0.25, -0.2) is 0 Å². The average molecular weight is 249 g/mol. The maximum absolute atomic E-state index is 5.83. The zero-order chi connectivity index (χ0) is 11.7. The number of benzene rings is 1. The number of hydrogen-bond donors (Lipinski definition) is 1. The van der Waals surface area contributed by atoms with E-state index in [9.17, 15) is 0 Å². The van der Waals surface area contributed by atoms with Gasteiger partial charge in [0.05, 0.1) is 6.61 Å². The summed E-state index contributed by atoms with van der Waals surface area (Å²) in [5.41, 5.74) is 2.75. The first-order valence-electron chi connectivity index (χ1n) is 6.39. The first-order chi connectivity index (χ1) is 8.40. The van der Waals surface area contributed by atoms with Crippen LogP contribution < -0.4 is 10.1 Å². The molecular formula is C14H19NOS. The Bertz CT molecular complexity index is 401. The van der Waals surface area contributed by atoms with Gasteiger partial charge in [-0.15, -0.1) is 0 Å². The minimum Gasteiger partial charge on any atom is -0.493 e. The summed E-state index contributed by atoms with van der Waals surface area (Å²) in [6, 6.07) is 7.06. The van der Waals surface area contributed by atoms with Crippen molar-refractivity contribution in [2.45, 2.75) is 18.9 Å². The largest absolute Gasteiger partial charge is 0.493 e. The van der Waals surface area contributed by atoms with Crippen molar-refractivity contribution < 1.29 is 4.74 Å². The van der Waals surface area contributed by atoms with Crippen LogP contribution in [0.15, 0.2) is 18.2 Å². The van der Waals surface area contributed by atoms with Crippen LogP contribution in [-0.4, -0.2) is 25.2 Å². The van der Waals surface area contributed by atoms with E-state index in [1.165, 1.54) is 29.1 Å². The highest BCUT2D eigenvalue weighted by atomic mass is 32.2. The first-order valence-corrected chi connectivity index (χ1v) is 7.55. The van der Waals surface area contributed by atoms with Crippen LogP contribution in [0.3, 0.4) is 0 Å². The normalized spacial score (nSPS) is 24.4. The first kappa shape index (κ1) is 11.4. The van der Waals surface area contributed by atoms with E-state index in [2.05, 4.69) is 42.3 Å². The molecule has 2 nitrogen and oxygen atoms in total. The van der Waals surface area contributed by atoms with Gasteiger partial charge in [0, 0.05) is 18.0 Å². The molecule has 1 aromatic carbocycles. The standard InChI is InChI=1S/C14H19NOS/c1-15-13(11-6-8-17-9-11)12-4-2-3-10-5-7-16-14(10)12/h2-4,11,13,15H,5-9H2,1H3. The molecule has 2 heterocycles. The van der Waals surface area contributed by atoms with Crippen molar-refractivity contribution in [3.05, 3.63) is 29.3 Å². The van der Waals surface area contributed by atoms with Crippen LogP contribution >= 0.6 is 11.8 Å². The van der Waals surface area contributed by atoms with E-state index in [0.29, 0.717) is 6.04 Å². The molecule has 1 N–H and O–H groups in total. The number of para-hydroxylation sites is 1. The number of hydrogen-bond acceptors (Lipinski definition) is 3. The predicted molar refractivity (Wildman–Crippen MR) is 72.9 cm³/mol. The fraction of sp³-hybridized carbons (Fsp3) is 0.571. The monoisotopic (exact) mass is 249 g/mol. The van der Waals surface area contributed by atoms with Gasteiger partial charge in [0.15, 0.2) is 0 Å². The van der Waals surface area contributed by atoms with Gasteiger partial charge < -0.3 is 10.1 Å². The molecule has 0 radical (unpaired) electrons. The molecule has 2 unspecified atom stereocenters. The van der Waals surface area contributed by atoms with Gasteiger partial charge in [0.25, 0.3) is 0 Å². The highest BCUT2D eigenvalue weighted by molar-refractivity contribution is 7.99. The van der Waals surface area contributed by atoms with E-state index < -0.39 is 0 Å². The van der Waals surface area contributed by atoms with Crippen LogP contribution in [0.25, 0.3) is 0 Å². The Morgan fingerprint density at radius 2 is 2.41 bits per heavy atom. The zero-order valence-electron chi connectivity index (χ0n) is 10.2. The quantitative estimate of drug-likeness (QED) is 0.890. The fourth-order valence-electron chi connectivity index (χ4n) is 2.95. The number of fused-ring (bicyclic) bond motifs is 1. The van der Waals surface area contributed by atoms with Crippen molar-refractivity contribution in [3.8, 4) is 5.75 Å². The molecule has 0 bridgehead atoms. The Hall–Kier alpha value is -0.670. The van der Waals surface area contributed by atoms with Crippen molar-refractivity contribution in [3.63, 3.8) is 0 Å². The molecule has 0 amide bonds. The maximum atomic E-state index is 5.83. The van der Waals surface area contributed by atoms with Gasteiger partial charge in [-0.05, 0) is 36.5 Å². The van der Waals surface area contributed by atoms with Crippen molar-refractivity contribution in [1.82, 2.24) is 5.32 Å². The van der Waals surface area contributed by atoms with E-state index in [-0.39, 0.29) is 0 Å². The molecule has 17 heavy (non-hydrogen) atoms. The van der Waals surface area contributed by atoms with Gasteiger partial charge >= 0.3 is 0 Å². The Balaban J connectivity index is 1.93. The van der Waals surface area contributed by atoms with E-state index in [0.717, 1.165) is 24.7 Å².